The molecule has 22 heavy (non-hydrogen) atoms. The maximum Gasteiger partial charge on any atom is 0.340 e. The maximum absolute atomic E-state index is 11.9. The number of pyridine rings is 1. The summed E-state index contributed by atoms with van der Waals surface area (Å²) in [5.41, 5.74) is 3.01. The highest BCUT2D eigenvalue weighted by Crippen LogP contribution is 2.23. The van der Waals surface area contributed by atoms with E-state index in [1.807, 2.05) is 26.0 Å². The monoisotopic (exact) mass is 410 g/mol. The summed E-state index contributed by atoms with van der Waals surface area (Å²) >= 11 is 2.23. The van der Waals surface area contributed by atoms with E-state index in [9.17, 15) is 9.59 Å². The van der Waals surface area contributed by atoms with Crippen LogP contribution in [0.5, 0.6) is 0 Å². The Balaban J connectivity index is 1.95. The van der Waals surface area contributed by atoms with Crippen LogP contribution in [0, 0.1) is 17.4 Å². The van der Waals surface area contributed by atoms with Crippen molar-refractivity contribution >= 4 is 40.2 Å². The van der Waals surface area contributed by atoms with Gasteiger partial charge >= 0.3 is 5.97 Å². The summed E-state index contributed by atoms with van der Waals surface area (Å²) in [6.45, 7) is 3.51. The normalized spacial score (nSPS) is 10.1. The minimum absolute atomic E-state index is 0.317. The molecule has 114 valence electrons. The Kier molecular flexibility index (Phi) is 5.48. The number of nitrogens with zero attached hydrogens (tertiary/aromatic N) is 1. The number of rotatable bonds is 4. The number of amides is 1. The van der Waals surface area contributed by atoms with Crippen molar-refractivity contribution in [3.63, 3.8) is 0 Å². The van der Waals surface area contributed by atoms with Gasteiger partial charge in [-0.2, -0.15) is 0 Å². The number of carbonyl (C=O) groups excluding carboxylic acids is 2. The van der Waals surface area contributed by atoms with Crippen LogP contribution in [-0.2, 0) is 9.53 Å². The Morgan fingerprint density at radius 2 is 1.95 bits per heavy atom. The molecule has 1 aromatic carbocycles. The Bertz CT molecular complexity index is 679. The number of halogens is 1. The first-order valence-corrected chi connectivity index (χ1v) is 7.69. The number of hydrogen-bond donors (Lipinski definition) is 1. The molecule has 0 aliphatic carbocycles. The topological polar surface area (TPSA) is 68.3 Å². The van der Waals surface area contributed by atoms with Crippen LogP contribution in [0.25, 0.3) is 0 Å². The molecule has 0 spiro atoms. The molecule has 0 radical (unpaired) electrons. The molecule has 1 N–H and O–H groups in total. The van der Waals surface area contributed by atoms with E-state index in [-0.39, 0.29) is 12.5 Å². The van der Waals surface area contributed by atoms with Crippen molar-refractivity contribution in [3.05, 3.63) is 56.9 Å². The quantitative estimate of drug-likeness (QED) is 0.622. The number of carbonyl (C=O) groups is 2. The van der Waals surface area contributed by atoms with E-state index < -0.39 is 5.97 Å². The third-order valence-electron chi connectivity index (χ3n) is 2.99. The van der Waals surface area contributed by atoms with Gasteiger partial charge < -0.3 is 10.1 Å². The Labute approximate surface area is 142 Å². The number of benzene rings is 1. The zero-order chi connectivity index (χ0) is 16.1. The van der Waals surface area contributed by atoms with Crippen LogP contribution in [0.15, 0.2) is 36.7 Å². The van der Waals surface area contributed by atoms with Crippen molar-refractivity contribution in [2.45, 2.75) is 13.8 Å². The number of hydrogen-bond acceptors (Lipinski definition) is 4. The van der Waals surface area contributed by atoms with Crippen LogP contribution in [0.1, 0.15) is 21.5 Å². The van der Waals surface area contributed by atoms with Gasteiger partial charge in [-0.1, -0.05) is 0 Å². The molecule has 0 atom stereocenters. The maximum atomic E-state index is 11.9. The average Bonchev–Trinajstić information content (AvgIpc) is 2.49. The summed E-state index contributed by atoms with van der Waals surface area (Å²) in [6.07, 6.45) is 2.96. The van der Waals surface area contributed by atoms with E-state index in [1.54, 1.807) is 18.3 Å². The molecular weight excluding hydrogens is 395 g/mol. The highest BCUT2D eigenvalue weighted by molar-refractivity contribution is 14.1. The van der Waals surface area contributed by atoms with Crippen molar-refractivity contribution < 1.29 is 14.3 Å². The molecule has 0 saturated carbocycles. The van der Waals surface area contributed by atoms with Gasteiger partial charge in [-0.3, -0.25) is 9.78 Å². The first kappa shape index (κ1) is 16.4. The van der Waals surface area contributed by atoms with E-state index in [1.165, 1.54) is 6.20 Å². The van der Waals surface area contributed by atoms with E-state index in [2.05, 4.69) is 32.9 Å². The third kappa shape index (κ3) is 4.27. The van der Waals surface area contributed by atoms with Crippen molar-refractivity contribution in [2.75, 3.05) is 11.9 Å². The first-order valence-electron chi connectivity index (χ1n) is 6.61. The second-order valence-corrected chi connectivity index (χ2v) is 6.03. The standard InChI is InChI=1S/C16H15IN2O3/c1-10-6-13(17)7-11(2)15(10)19-14(20)9-22-16(21)12-4-3-5-18-8-12/h3-8H,9H2,1-2H3,(H,19,20). The van der Waals surface area contributed by atoms with Gasteiger partial charge in [0.2, 0.25) is 0 Å². The second-order valence-electron chi connectivity index (χ2n) is 4.78. The molecule has 0 bridgehead atoms. The number of aryl methyl sites for hydroxylation is 2. The molecule has 0 aliphatic rings. The molecule has 2 rings (SSSR count). The van der Waals surface area contributed by atoms with Crippen LogP contribution in [0.4, 0.5) is 5.69 Å². The van der Waals surface area contributed by atoms with Gasteiger partial charge in [0.25, 0.3) is 5.91 Å². The van der Waals surface area contributed by atoms with Gasteiger partial charge in [-0.05, 0) is 71.8 Å². The number of anilines is 1. The molecule has 6 heteroatoms. The summed E-state index contributed by atoms with van der Waals surface area (Å²) in [5.74, 6) is -0.941. The minimum Gasteiger partial charge on any atom is -0.452 e. The molecule has 0 saturated heterocycles. The molecule has 1 amide bonds. The van der Waals surface area contributed by atoms with E-state index in [4.69, 9.17) is 4.74 Å². The van der Waals surface area contributed by atoms with Gasteiger partial charge in [0, 0.05) is 21.7 Å². The fourth-order valence-corrected chi connectivity index (χ4v) is 2.92. The molecule has 2 aromatic rings. The third-order valence-corrected chi connectivity index (χ3v) is 3.62. The fraction of sp³-hybridized carbons (Fsp3) is 0.188. The predicted molar refractivity (Wildman–Crippen MR) is 91.8 cm³/mol. The SMILES string of the molecule is Cc1cc(I)cc(C)c1NC(=O)COC(=O)c1cccnc1. The molecule has 0 unspecified atom stereocenters. The lowest BCUT2D eigenvalue weighted by molar-refractivity contribution is -0.119. The number of aromatic nitrogens is 1. The average molecular weight is 410 g/mol. The van der Waals surface area contributed by atoms with Crippen molar-refractivity contribution in [3.8, 4) is 0 Å². The summed E-state index contributed by atoms with van der Waals surface area (Å²) < 4.78 is 6.08. The van der Waals surface area contributed by atoms with Crippen LogP contribution in [-0.4, -0.2) is 23.5 Å². The van der Waals surface area contributed by atoms with E-state index in [0.29, 0.717) is 5.56 Å². The number of esters is 1. The van der Waals surface area contributed by atoms with Crippen LogP contribution in [0.2, 0.25) is 0 Å². The summed E-state index contributed by atoms with van der Waals surface area (Å²) in [7, 11) is 0. The van der Waals surface area contributed by atoms with Crippen LogP contribution >= 0.6 is 22.6 Å². The van der Waals surface area contributed by atoms with Crippen LogP contribution < -0.4 is 5.32 Å². The van der Waals surface area contributed by atoms with Gasteiger partial charge in [0.05, 0.1) is 5.56 Å². The Morgan fingerprint density at radius 1 is 1.27 bits per heavy atom. The zero-order valence-corrected chi connectivity index (χ0v) is 14.4. The van der Waals surface area contributed by atoms with Crippen molar-refractivity contribution in [1.82, 2.24) is 4.98 Å². The fourth-order valence-electron chi connectivity index (χ4n) is 1.98. The largest absolute Gasteiger partial charge is 0.452 e. The smallest absolute Gasteiger partial charge is 0.340 e. The van der Waals surface area contributed by atoms with Gasteiger partial charge in [0.15, 0.2) is 6.61 Å². The van der Waals surface area contributed by atoms with E-state index >= 15 is 0 Å². The molecule has 0 fully saturated rings. The summed E-state index contributed by atoms with van der Waals surface area (Å²) in [4.78, 5) is 27.5. The molecule has 5 nitrogen and oxygen atoms in total. The predicted octanol–water partition coefficient (Wildman–Crippen LogP) is 3.10. The van der Waals surface area contributed by atoms with Gasteiger partial charge in [-0.25, -0.2) is 4.79 Å². The summed E-state index contributed by atoms with van der Waals surface area (Å²) in [6, 6.07) is 7.17. The molecule has 0 aliphatic heterocycles. The lowest BCUT2D eigenvalue weighted by Crippen LogP contribution is -2.22. The molecular formula is C16H15IN2O3. The molecule has 1 aromatic heterocycles. The lowest BCUT2D eigenvalue weighted by Gasteiger charge is -2.12. The van der Waals surface area contributed by atoms with Gasteiger partial charge in [-0.15, -0.1) is 0 Å². The van der Waals surface area contributed by atoms with Crippen molar-refractivity contribution in [2.24, 2.45) is 0 Å². The second kappa shape index (κ2) is 7.35. The Hall–Kier alpha value is -1.96. The highest BCUT2D eigenvalue weighted by Gasteiger charge is 2.12. The van der Waals surface area contributed by atoms with E-state index in [0.717, 1.165) is 20.4 Å². The Morgan fingerprint density at radius 3 is 2.55 bits per heavy atom. The van der Waals surface area contributed by atoms with Crippen molar-refractivity contribution in [1.29, 1.82) is 0 Å². The van der Waals surface area contributed by atoms with Gasteiger partial charge in [0.1, 0.15) is 0 Å². The zero-order valence-electron chi connectivity index (χ0n) is 12.2. The summed E-state index contributed by atoms with van der Waals surface area (Å²) in [5, 5.41) is 2.78. The minimum atomic E-state index is -0.570. The number of nitrogens with one attached hydrogen (secondary N) is 1. The molecule has 1 heterocycles. The van der Waals surface area contributed by atoms with Crippen LogP contribution in [0.3, 0.4) is 0 Å². The lowest BCUT2D eigenvalue weighted by atomic mass is 10.1. The highest BCUT2D eigenvalue weighted by atomic mass is 127. The number of ether oxygens (including phenoxy) is 1. The first-order chi connectivity index (χ1) is 10.5.